The molecule has 2 N–H and O–H groups in total. The maximum atomic E-state index is 13.2. The van der Waals surface area contributed by atoms with Gasteiger partial charge in [-0.2, -0.15) is 0 Å². The van der Waals surface area contributed by atoms with Crippen molar-refractivity contribution in [3.8, 4) is 0 Å². The van der Waals surface area contributed by atoms with Crippen LogP contribution in [0, 0.1) is 5.92 Å². The third-order valence-corrected chi connectivity index (χ3v) is 8.41. The molecule has 0 saturated carbocycles. The molecule has 2 fully saturated rings. The standard InChI is InChI=1S/C19H34N2O5S/c1-2-3-4-5-6-7-8-17-9-13-21(14-10-17)27(24,25)19(18(22)20-23)11-15-26-16-12-19/h7-8,17,23H,2-6,9-16H2,1H3,(H,20,22)/b8-7+. The lowest BCUT2D eigenvalue weighted by molar-refractivity contribution is -0.134. The first-order valence-corrected chi connectivity index (χ1v) is 11.6. The summed E-state index contributed by atoms with van der Waals surface area (Å²) in [6, 6.07) is 0. The van der Waals surface area contributed by atoms with Crippen LogP contribution >= 0.6 is 0 Å². The van der Waals surface area contributed by atoms with Gasteiger partial charge in [-0.05, 0) is 31.6 Å². The highest BCUT2D eigenvalue weighted by Crippen LogP contribution is 2.35. The summed E-state index contributed by atoms with van der Waals surface area (Å²) in [5, 5.41) is 9.10. The Bertz CT molecular complexity index is 591. The molecule has 2 aliphatic heterocycles. The molecule has 0 aromatic rings. The molecule has 0 aromatic heterocycles. The summed E-state index contributed by atoms with van der Waals surface area (Å²) in [6.45, 7) is 3.42. The fraction of sp³-hybridized carbons (Fsp3) is 0.842. The number of ether oxygens (including phenoxy) is 1. The van der Waals surface area contributed by atoms with Gasteiger partial charge in [0.25, 0.3) is 5.91 Å². The average molecular weight is 403 g/mol. The van der Waals surface area contributed by atoms with E-state index in [0.717, 1.165) is 19.3 Å². The smallest absolute Gasteiger partial charge is 0.266 e. The van der Waals surface area contributed by atoms with Crippen molar-refractivity contribution in [3.05, 3.63) is 12.2 Å². The van der Waals surface area contributed by atoms with Crippen molar-refractivity contribution in [3.63, 3.8) is 0 Å². The van der Waals surface area contributed by atoms with E-state index in [-0.39, 0.29) is 26.1 Å². The van der Waals surface area contributed by atoms with Gasteiger partial charge in [-0.25, -0.2) is 18.2 Å². The first-order valence-electron chi connectivity index (χ1n) is 10.2. The Kier molecular flexibility index (Phi) is 8.72. The Labute approximate surface area is 163 Å². The summed E-state index contributed by atoms with van der Waals surface area (Å²) in [5.41, 5.74) is 1.57. The molecule has 0 unspecified atom stereocenters. The van der Waals surface area contributed by atoms with E-state index in [0.29, 0.717) is 19.0 Å². The largest absolute Gasteiger partial charge is 0.381 e. The zero-order chi connectivity index (χ0) is 19.8. The maximum absolute atomic E-state index is 13.2. The first kappa shape index (κ1) is 22.3. The Morgan fingerprint density at radius 2 is 1.89 bits per heavy atom. The molecule has 2 heterocycles. The quantitative estimate of drug-likeness (QED) is 0.267. The molecule has 0 bridgehead atoms. The summed E-state index contributed by atoms with van der Waals surface area (Å²) < 4.78 is 31.5. The highest BCUT2D eigenvalue weighted by atomic mass is 32.2. The van der Waals surface area contributed by atoms with Gasteiger partial charge in [-0.1, -0.05) is 38.3 Å². The number of piperidine rings is 1. The minimum atomic E-state index is -3.86. The number of rotatable bonds is 9. The van der Waals surface area contributed by atoms with Crippen molar-refractivity contribution in [1.29, 1.82) is 0 Å². The second kappa shape index (κ2) is 10.5. The van der Waals surface area contributed by atoms with Crippen LogP contribution in [0.25, 0.3) is 0 Å². The molecule has 156 valence electrons. The lowest BCUT2D eigenvalue weighted by atomic mass is 9.97. The van der Waals surface area contributed by atoms with E-state index in [1.54, 1.807) is 5.48 Å². The Morgan fingerprint density at radius 3 is 2.48 bits per heavy atom. The molecule has 1 amide bonds. The van der Waals surface area contributed by atoms with Crippen LogP contribution in [-0.2, 0) is 19.6 Å². The zero-order valence-corrected chi connectivity index (χ0v) is 17.2. The van der Waals surface area contributed by atoms with E-state index in [9.17, 15) is 13.2 Å². The molecule has 8 heteroatoms. The molecule has 27 heavy (non-hydrogen) atoms. The van der Waals surface area contributed by atoms with E-state index in [2.05, 4.69) is 19.1 Å². The van der Waals surface area contributed by atoms with Gasteiger partial charge in [0.2, 0.25) is 10.0 Å². The highest BCUT2D eigenvalue weighted by Gasteiger charge is 2.54. The number of nitrogens with one attached hydrogen (secondary N) is 1. The van der Waals surface area contributed by atoms with Crippen LogP contribution in [-0.4, -0.2) is 54.9 Å². The number of hydrogen-bond acceptors (Lipinski definition) is 5. The van der Waals surface area contributed by atoms with Crippen molar-refractivity contribution >= 4 is 15.9 Å². The van der Waals surface area contributed by atoms with Gasteiger partial charge in [0, 0.05) is 39.1 Å². The molecule has 2 aliphatic rings. The van der Waals surface area contributed by atoms with Crippen molar-refractivity contribution in [1.82, 2.24) is 9.79 Å². The number of sulfonamides is 1. The van der Waals surface area contributed by atoms with Crippen molar-refractivity contribution in [2.24, 2.45) is 5.92 Å². The topological polar surface area (TPSA) is 95.9 Å². The molecule has 0 radical (unpaired) electrons. The summed E-state index contributed by atoms with van der Waals surface area (Å²) in [5.74, 6) is -0.458. The Balaban J connectivity index is 1.93. The van der Waals surface area contributed by atoms with Gasteiger partial charge in [0.15, 0.2) is 4.75 Å². The van der Waals surface area contributed by atoms with Crippen molar-refractivity contribution in [2.75, 3.05) is 26.3 Å². The summed E-state index contributed by atoms with van der Waals surface area (Å²) in [7, 11) is -3.86. The number of allylic oxidation sites excluding steroid dienone is 2. The van der Waals surface area contributed by atoms with Crippen molar-refractivity contribution in [2.45, 2.75) is 69.5 Å². The SMILES string of the molecule is CCCCCC/C=C/C1CCN(S(=O)(=O)C2(C(=O)NO)CCOCC2)CC1. The fourth-order valence-electron chi connectivity index (χ4n) is 3.94. The molecule has 0 aromatic carbocycles. The van der Waals surface area contributed by atoms with E-state index < -0.39 is 20.7 Å². The third kappa shape index (κ3) is 5.31. The fourth-order valence-corrected chi connectivity index (χ4v) is 6.09. The Morgan fingerprint density at radius 1 is 1.22 bits per heavy atom. The predicted molar refractivity (Wildman–Crippen MR) is 104 cm³/mol. The van der Waals surface area contributed by atoms with Gasteiger partial charge >= 0.3 is 0 Å². The van der Waals surface area contributed by atoms with E-state index in [4.69, 9.17) is 9.94 Å². The number of carbonyl (C=O) groups is 1. The van der Waals surface area contributed by atoms with Gasteiger partial charge in [0.1, 0.15) is 0 Å². The number of hydroxylamine groups is 1. The van der Waals surface area contributed by atoms with Crippen LogP contribution in [0.1, 0.15) is 64.7 Å². The molecule has 0 spiro atoms. The van der Waals surface area contributed by atoms with E-state index in [1.165, 1.54) is 30.0 Å². The normalized spacial score (nSPS) is 22.1. The lowest BCUT2D eigenvalue weighted by Gasteiger charge is -2.40. The van der Waals surface area contributed by atoms with Gasteiger partial charge in [0.05, 0.1) is 0 Å². The minimum Gasteiger partial charge on any atom is -0.381 e. The van der Waals surface area contributed by atoms with Crippen LogP contribution in [0.4, 0.5) is 0 Å². The number of nitrogens with zero attached hydrogens (tertiary/aromatic N) is 1. The van der Waals surface area contributed by atoms with E-state index >= 15 is 0 Å². The maximum Gasteiger partial charge on any atom is 0.266 e. The van der Waals surface area contributed by atoms with E-state index in [1.807, 2.05) is 0 Å². The number of carbonyl (C=O) groups excluding carboxylic acids is 1. The monoisotopic (exact) mass is 402 g/mol. The van der Waals surface area contributed by atoms with Gasteiger partial charge in [-0.3, -0.25) is 10.0 Å². The molecule has 7 nitrogen and oxygen atoms in total. The number of unbranched alkanes of at least 4 members (excludes halogenated alkanes) is 4. The number of amides is 1. The molecule has 0 atom stereocenters. The van der Waals surface area contributed by atoms with Crippen LogP contribution in [0.3, 0.4) is 0 Å². The van der Waals surface area contributed by atoms with Gasteiger partial charge in [-0.15, -0.1) is 0 Å². The molecule has 2 rings (SSSR count). The summed E-state index contributed by atoms with van der Waals surface area (Å²) in [6.07, 6.45) is 12.2. The predicted octanol–water partition coefficient (Wildman–Crippen LogP) is 2.61. The van der Waals surface area contributed by atoms with Crippen LogP contribution < -0.4 is 5.48 Å². The van der Waals surface area contributed by atoms with Crippen LogP contribution in [0.5, 0.6) is 0 Å². The molecular weight excluding hydrogens is 368 g/mol. The molecular formula is C19H34N2O5S. The number of hydrogen-bond donors (Lipinski definition) is 2. The summed E-state index contributed by atoms with van der Waals surface area (Å²) >= 11 is 0. The van der Waals surface area contributed by atoms with Gasteiger partial charge < -0.3 is 4.74 Å². The summed E-state index contributed by atoms with van der Waals surface area (Å²) in [4.78, 5) is 12.3. The van der Waals surface area contributed by atoms with Crippen LogP contribution in [0.2, 0.25) is 0 Å². The minimum absolute atomic E-state index is 0.0688. The third-order valence-electron chi connectivity index (χ3n) is 5.78. The first-order chi connectivity index (χ1) is 13.0. The highest BCUT2D eigenvalue weighted by molar-refractivity contribution is 7.91. The Hall–Kier alpha value is -0.960. The lowest BCUT2D eigenvalue weighted by Crippen LogP contribution is -2.60. The molecule has 0 aliphatic carbocycles. The van der Waals surface area contributed by atoms with Crippen LogP contribution in [0.15, 0.2) is 12.2 Å². The molecule has 2 saturated heterocycles. The average Bonchev–Trinajstić information content (AvgIpc) is 2.70. The second-order valence-corrected chi connectivity index (χ2v) is 9.81. The second-order valence-electron chi connectivity index (χ2n) is 7.57. The zero-order valence-electron chi connectivity index (χ0n) is 16.4. The van der Waals surface area contributed by atoms with Crippen molar-refractivity contribution < 1.29 is 23.2 Å².